The molecule has 6 heteroatoms. The topological polar surface area (TPSA) is 70.7 Å². The minimum Gasteiger partial charge on any atom is -0.492 e. The third kappa shape index (κ3) is 5.51. The van der Waals surface area contributed by atoms with Crippen molar-refractivity contribution in [3.05, 3.63) is 54.1 Å². The number of hydrogen-bond acceptors (Lipinski definition) is 4. The highest BCUT2D eigenvalue weighted by Crippen LogP contribution is 2.23. The number of para-hydroxylation sites is 2. The first-order chi connectivity index (χ1) is 12.5. The number of anilines is 2. The van der Waals surface area contributed by atoms with Gasteiger partial charge in [-0.05, 0) is 43.2 Å². The van der Waals surface area contributed by atoms with Gasteiger partial charge in [-0.15, -0.1) is 0 Å². The summed E-state index contributed by atoms with van der Waals surface area (Å²) in [7, 11) is 3.97. The van der Waals surface area contributed by atoms with Crippen LogP contribution < -0.4 is 20.3 Å². The van der Waals surface area contributed by atoms with Crippen LogP contribution in [0, 0.1) is 0 Å². The summed E-state index contributed by atoms with van der Waals surface area (Å²) in [4.78, 5) is 26.1. The minimum atomic E-state index is -0.708. The molecule has 2 aromatic rings. The summed E-state index contributed by atoms with van der Waals surface area (Å²) in [6.45, 7) is 2.72. The van der Waals surface area contributed by atoms with E-state index in [1.165, 1.54) is 0 Å². The van der Waals surface area contributed by atoms with Crippen molar-refractivity contribution in [1.82, 2.24) is 5.32 Å². The maximum absolute atomic E-state index is 12.0. The Labute approximate surface area is 154 Å². The summed E-state index contributed by atoms with van der Waals surface area (Å²) in [6, 6.07) is 15.1. The van der Waals surface area contributed by atoms with Crippen molar-refractivity contribution in [1.29, 1.82) is 0 Å². The molecule has 6 nitrogen and oxygen atoms in total. The summed E-state index contributed by atoms with van der Waals surface area (Å²) >= 11 is 0. The smallest absolute Gasteiger partial charge is 0.313 e. The number of rotatable bonds is 7. The normalized spacial score (nSPS) is 10.1. The molecule has 2 N–H and O–H groups in total. The van der Waals surface area contributed by atoms with Crippen LogP contribution in [0.25, 0.3) is 0 Å². The molecule has 0 aliphatic heterocycles. The van der Waals surface area contributed by atoms with Gasteiger partial charge in [0.2, 0.25) is 0 Å². The molecule has 0 aliphatic rings. The molecule has 0 spiro atoms. The van der Waals surface area contributed by atoms with Crippen molar-refractivity contribution in [2.75, 3.05) is 37.5 Å². The van der Waals surface area contributed by atoms with Crippen molar-refractivity contribution in [3.8, 4) is 5.75 Å². The van der Waals surface area contributed by atoms with E-state index >= 15 is 0 Å². The zero-order chi connectivity index (χ0) is 18.9. The number of carbonyl (C=O) groups excluding carboxylic acids is 2. The predicted octanol–water partition coefficient (Wildman–Crippen LogP) is 2.45. The Bertz CT molecular complexity index is 742. The van der Waals surface area contributed by atoms with Gasteiger partial charge in [0.25, 0.3) is 0 Å². The summed E-state index contributed by atoms with van der Waals surface area (Å²) < 4.78 is 5.43. The number of benzene rings is 2. The number of nitrogens with zero attached hydrogens (tertiary/aromatic N) is 1. The lowest BCUT2D eigenvalue weighted by molar-refractivity contribution is -0.136. The Morgan fingerprint density at radius 2 is 1.69 bits per heavy atom. The van der Waals surface area contributed by atoms with E-state index in [1.54, 1.807) is 18.2 Å². The Hall–Kier alpha value is -3.02. The van der Waals surface area contributed by atoms with Crippen LogP contribution in [-0.4, -0.2) is 39.1 Å². The molecule has 0 heterocycles. The fraction of sp³-hybridized carbons (Fsp3) is 0.300. The quantitative estimate of drug-likeness (QED) is 0.749. The summed E-state index contributed by atoms with van der Waals surface area (Å²) in [5.74, 6) is -0.835. The number of carbonyl (C=O) groups is 2. The zero-order valence-corrected chi connectivity index (χ0v) is 15.4. The van der Waals surface area contributed by atoms with Gasteiger partial charge in [0.1, 0.15) is 5.75 Å². The van der Waals surface area contributed by atoms with Crippen LogP contribution in [0.4, 0.5) is 11.4 Å². The molecule has 0 saturated carbocycles. The standard InChI is InChI=1S/C20H25N3O3/c1-4-26-18-8-6-5-7-17(18)22-20(25)19(24)21-14-13-15-9-11-16(12-10-15)23(2)3/h5-12H,4,13-14H2,1-3H3,(H,21,24)(H,22,25). The van der Waals surface area contributed by atoms with E-state index < -0.39 is 11.8 Å². The number of amides is 2. The lowest BCUT2D eigenvalue weighted by atomic mass is 10.1. The third-order valence-electron chi connectivity index (χ3n) is 3.79. The molecule has 2 aromatic carbocycles. The van der Waals surface area contributed by atoms with Gasteiger partial charge in [-0.25, -0.2) is 0 Å². The van der Waals surface area contributed by atoms with Crippen molar-refractivity contribution in [3.63, 3.8) is 0 Å². The van der Waals surface area contributed by atoms with E-state index in [9.17, 15) is 9.59 Å². The average Bonchev–Trinajstić information content (AvgIpc) is 2.63. The van der Waals surface area contributed by atoms with E-state index in [0.29, 0.717) is 31.0 Å². The molecule has 2 amide bonds. The van der Waals surface area contributed by atoms with Crippen molar-refractivity contribution < 1.29 is 14.3 Å². The van der Waals surface area contributed by atoms with Gasteiger partial charge in [0.05, 0.1) is 12.3 Å². The zero-order valence-electron chi connectivity index (χ0n) is 15.4. The second-order valence-electron chi connectivity index (χ2n) is 5.95. The lowest BCUT2D eigenvalue weighted by Crippen LogP contribution is -2.36. The van der Waals surface area contributed by atoms with E-state index in [2.05, 4.69) is 10.6 Å². The van der Waals surface area contributed by atoms with Crippen LogP contribution in [-0.2, 0) is 16.0 Å². The SMILES string of the molecule is CCOc1ccccc1NC(=O)C(=O)NCCc1ccc(N(C)C)cc1. The molecule has 0 unspecified atom stereocenters. The van der Waals surface area contributed by atoms with Crippen LogP contribution in [0.2, 0.25) is 0 Å². The average molecular weight is 355 g/mol. The summed E-state index contributed by atoms with van der Waals surface area (Å²) in [6.07, 6.45) is 0.655. The lowest BCUT2D eigenvalue weighted by Gasteiger charge is -2.13. The second kappa shape index (κ2) is 9.46. The largest absolute Gasteiger partial charge is 0.492 e. The van der Waals surface area contributed by atoms with Gasteiger partial charge in [-0.3, -0.25) is 9.59 Å². The second-order valence-corrected chi connectivity index (χ2v) is 5.95. The van der Waals surface area contributed by atoms with E-state index in [-0.39, 0.29) is 0 Å². The molecule has 0 saturated heterocycles. The highest BCUT2D eigenvalue weighted by molar-refractivity contribution is 6.39. The van der Waals surface area contributed by atoms with Crippen molar-refractivity contribution in [2.24, 2.45) is 0 Å². The van der Waals surface area contributed by atoms with Gasteiger partial charge in [-0.1, -0.05) is 24.3 Å². The maximum Gasteiger partial charge on any atom is 0.313 e. The van der Waals surface area contributed by atoms with Crippen LogP contribution in [0.3, 0.4) is 0 Å². The maximum atomic E-state index is 12.0. The molecule has 0 aromatic heterocycles. The fourth-order valence-electron chi connectivity index (χ4n) is 2.39. The minimum absolute atomic E-state index is 0.390. The van der Waals surface area contributed by atoms with Crippen LogP contribution in [0.1, 0.15) is 12.5 Å². The Kier molecular flexibility index (Phi) is 7.02. The van der Waals surface area contributed by atoms with Crippen LogP contribution in [0.15, 0.2) is 48.5 Å². The first-order valence-electron chi connectivity index (χ1n) is 8.58. The van der Waals surface area contributed by atoms with Crippen LogP contribution in [0.5, 0.6) is 5.75 Å². The Morgan fingerprint density at radius 1 is 1.00 bits per heavy atom. The van der Waals surface area contributed by atoms with Crippen molar-refractivity contribution >= 4 is 23.2 Å². The molecule has 0 atom stereocenters. The van der Waals surface area contributed by atoms with E-state index in [1.807, 2.05) is 56.3 Å². The van der Waals surface area contributed by atoms with Gasteiger partial charge >= 0.3 is 11.8 Å². The molecular weight excluding hydrogens is 330 g/mol. The molecule has 2 rings (SSSR count). The Balaban J connectivity index is 1.83. The van der Waals surface area contributed by atoms with Gasteiger partial charge in [0.15, 0.2) is 0 Å². The molecule has 0 bridgehead atoms. The monoisotopic (exact) mass is 355 g/mol. The first kappa shape index (κ1) is 19.3. The highest BCUT2D eigenvalue weighted by Gasteiger charge is 2.15. The van der Waals surface area contributed by atoms with Crippen LogP contribution >= 0.6 is 0 Å². The van der Waals surface area contributed by atoms with E-state index in [4.69, 9.17) is 4.74 Å². The van der Waals surface area contributed by atoms with Gasteiger partial charge in [0, 0.05) is 26.3 Å². The molecular formula is C20H25N3O3. The van der Waals surface area contributed by atoms with Crippen molar-refractivity contribution in [2.45, 2.75) is 13.3 Å². The first-order valence-corrected chi connectivity index (χ1v) is 8.58. The number of ether oxygens (including phenoxy) is 1. The number of nitrogens with one attached hydrogen (secondary N) is 2. The van der Waals surface area contributed by atoms with Gasteiger partial charge in [-0.2, -0.15) is 0 Å². The van der Waals surface area contributed by atoms with E-state index in [0.717, 1.165) is 11.3 Å². The summed E-state index contributed by atoms with van der Waals surface area (Å²) in [5.41, 5.74) is 2.69. The number of hydrogen-bond donors (Lipinski definition) is 2. The third-order valence-corrected chi connectivity index (χ3v) is 3.79. The fourth-order valence-corrected chi connectivity index (χ4v) is 2.39. The highest BCUT2D eigenvalue weighted by atomic mass is 16.5. The molecule has 0 fully saturated rings. The summed E-state index contributed by atoms with van der Waals surface area (Å²) in [5, 5.41) is 5.22. The molecule has 0 aliphatic carbocycles. The predicted molar refractivity (Wildman–Crippen MR) is 104 cm³/mol. The molecule has 0 radical (unpaired) electrons. The van der Waals surface area contributed by atoms with Gasteiger partial charge < -0.3 is 20.3 Å². The molecule has 26 heavy (non-hydrogen) atoms. The Morgan fingerprint density at radius 3 is 2.35 bits per heavy atom. The molecule has 138 valence electrons.